The lowest BCUT2D eigenvalue weighted by molar-refractivity contribution is 0.299. The van der Waals surface area contributed by atoms with E-state index in [0.717, 1.165) is 25.5 Å². The van der Waals surface area contributed by atoms with Gasteiger partial charge in [-0.25, -0.2) is 8.42 Å². The number of aryl methyl sites for hydroxylation is 1. The summed E-state index contributed by atoms with van der Waals surface area (Å²) in [6.07, 6.45) is 0.975. The van der Waals surface area contributed by atoms with Gasteiger partial charge in [0.05, 0.1) is 11.5 Å². The number of aliphatic imine (C=N–C) groups is 1. The number of guanidine groups is 1. The molecule has 2 heterocycles. The molecule has 0 aromatic carbocycles. The molecule has 8 heteroatoms. The molecule has 0 spiro atoms. The van der Waals surface area contributed by atoms with Crippen LogP contribution < -0.4 is 10.6 Å². The van der Waals surface area contributed by atoms with Gasteiger partial charge in [-0.2, -0.15) is 0 Å². The van der Waals surface area contributed by atoms with Gasteiger partial charge in [0, 0.05) is 55.4 Å². The SMILES string of the molecule is CN=C(NCCN1CCS(=O)(=O)CC1)NC(C)Cc1ccc(C)s1. The van der Waals surface area contributed by atoms with E-state index in [4.69, 9.17) is 0 Å². The Kier molecular flexibility index (Phi) is 7.06. The molecule has 2 rings (SSSR count). The van der Waals surface area contributed by atoms with Crippen LogP contribution in [0, 0.1) is 6.92 Å². The molecule has 1 saturated heterocycles. The third-order valence-electron chi connectivity index (χ3n) is 4.07. The van der Waals surface area contributed by atoms with E-state index >= 15 is 0 Å². The van der Waals surface area contributed by atoms with E-state index < -0.39 is 9.84 Å². The topological polar surface area (TPSA) is 73.8 Å². The molecule has 1 aromatic rings. The third kappa shape index (κ3) is 6.41. The second-order valence-corrected chi connectivity index (χ2v) is 9.93. The van der Waals surface area contributed by atoms with Crippen molar-refractivity contribution in [2.75, 3.05) is 44.7 Å². The van der Waals surface area contributed by atoms with Crippen LogP contribution in [0.2, 0.25) is 0 Å². The van der Waals surface area contributed by atoms with E-state index in [-0.39, 0.29) is 11.5 Å². The Morgan fingerprint density at radius 3 is 2.67 bits per heavy atom. The van der Waals surface area contributed by atoms with Gasteiger partial charge >= 0.3 is 0 Å². The van der Waals surface area contributed by atoms with Crippen LogP contribution in [0.3, 0.4) is 0 Å². The number of hydrogen-bond acceptors (Lipinski definition) is 5. The van der Waals surface area contributed by atoms with E-state index in [1.807, 2.05) is 11.3 Å². The first kappa shape index (κ1) is 19.2. The molecule has 1 fully saturated rings. The molecule has 1 aliphatic rings. The summed E-state index contributed by atoms with van der Waals surface area (Å²) in [7, 11) is -1.03. The summed E-state index contributed by atoms with van der Waals surface area (Å²) >= 11 is 1.83. The highest BCUT2D eigenvalue weighted by Gasteiger charge is 2.21. The van der Waals surface area contributed by atoms with E-state index in [1.54, 1.807) is 7.05 Å². The first-order chi connectivity index (χ1) is 11.4. The predicted octanol–water partition coefficient (Wildman–Crippen LogP) is 0.883. The molecule has 136 valence electrons. The van der Waals surface area contributed by atoms with Gasteiger partial charge in [-0.05, 0) is 26.0 Å². The second kappa shape index (κ2) is 8.82. The molecule has 0 amide bonds. The molecule has 0 bridgehead atoms. The Labute approximate surface area is 149 Å². The Hall–Kier alpha value is -1.12. The molecule has 6 nitrogen and oxygen atoms in total. The Morgan fingerprint density at radius 2 is 2.08 bits per heavy atom. The summed E-state index contributed by atoms with van der Waals surface area (Å²) in [6.45, 7) is 7.11. The van der Waals surface area contributed by atoms with E-state index in [9.17, 15) is 8.42 Å². The van der Waals surface area contributed by atoms with E-state index in [0.29, 0.717) is 19.1 Å². The van der Waals surface area contributed by atoms with Gasteiger partial charge < -0.3 is 10.6 Å². The Morgan fingerprint density at radius 1 is 1.38 bits per heavy atom. The fourth-order valence-electron chi connectivity index (χ4n) is 2.68. The Balaban J connectivity index is 1.68. The van der Waals surface area contributed by atoms with Crippen molar-refractivity contribution in [3.8, 4) is 0 Å². The lowest BCUT2D eigenvalue weighted by Crippen LogP contribution is -2.47. The summed E-state index contributed by atoms with van der Waals surface area (Å²) in [5.74, 6) is 1.34. The van der Waals surface area contributed by atoms with Crippen LogP contribution in [0.1, 0.15) is 16.7 Å². The first-order valence-electron chi connectivity index (χ1n) is 8.33. The zero-order valence-corrected chi connectivity index (χ0v) is 16.3. The van der Waals surface area contributed by atoms with Crippen LogP contribution >= 0.6 is 11.3 Å². The highest BCUT2D eigenvalue weighted by molar-refractivity contribution is 7.91. The molecule has 1 atom stereocenters. The summed E-state index contributed by atoms with van der Waals surface area (Å²) in [4.78, 5) is 9.15. The van der Waals surface area contributed by atoms with Crippen LogP contribution in [0.5, 0.6) is 0 Å². The summed E-state index contributed by atoms with van der Waals surface area (Å²) in [5.41, 5.74) is 0. The van der Waals surface area contributed by atoms with Crippen LogP contribution in [-0.2, 0) is 16.3 Å². The fourth-order valence-corrected chi connectivity index (χ4v) is 4.98. The minimum atomic E-state index is -2.80. The number of sulfone groups is 1. The maximum Gasteiger partial charge on any atom is 0.191 e. The van der Waals surface area contributed by atoms with Gasteiger partial charge in [-0.3, -0.25) is 9.89 Å². The highest BCUT2D eigenvalue weighted by atomic mass is 32.2. The standard InChI is InChI=1S/C16H28N4O2S2/c1-13(12-15-5-4-14(2)23-15)19-16(17-3)18-6-7-20-8-10-24(21,22)11-9-20/h4-5,13H,6-12H2,1-3H3,(H2,17,18,19). The minimum absolute atomic E-state index is 0.275. The lowest BCUT2D eigenvalue weighted by atomic mass is 10.2. The van der Waals surface area contributed by atoms with Crippen molar-refractivity contribution in [3.63, 3.8) is 0 Å². The quantitative estimate of drug-likeness (QED) is 0.573. The number of thiophene rings is 1. The average Bonchev–Trinajstić information content (AvgIpc) is 2.92. The Bertz CT molecular complexity index is 641. The smallest absolute Gasteiger partial charge is 0.191 e. The number of rotatable bonds is 6. The van der Waals surface area contributed by atoms with Crippen molar-refractivity contribution >= 4 is 27.1 Å². The summed E-state index contributed by atoms with van der Waals surface area (Å²) < 4.78 is 22.9. The van der Waals surface area contributed by atoms with Crippen molar-refractivity contribution in [1.82, 2.24) is 15.5 Å². The molecular formula is C16H28N4O2S2. The maximum atomic E-state index is 11.4. The third-order valence-corrected chi connectivity index (χ3v) is 6.70. The molecule has 24 heavy (non-hydrogen) atoms. The molecule has 1 aliphatic heterocycles. The van der Waals surface area contributed by atoms with Gasteiger partial charge in [0.1, 0.15) is 0 Å². The number of hydrogen-bond donors (Lipinski definition) is 2. The van der Waals surface area contributed by atoms with Gasteiger partial charge in [-0.15, -0.1) is 11.3 Å². The normalized spacial score (nSPS) is 19.9. The van der Waals surface area contributed by atoms with Crippen LogP contribution in [0.15, 0.2) is 17.1 Å². The second-order valence-electron chi connectivity index (χ2n) is 6.25. The molecule has 0 radical (unpaired) electrons. The van der Waals surface area contributed by atoms with Crippen molar-refractivity contribution in [2.24, 2.45) is 4.99 Å². The summed E-state index contributed by atoms with van der Waals surface area (Å²) in [6, 6.07) is 4.63. The largest absolute Gasteiger partial charge is 0.355 e. The molecule has 0 saturated carbocycles. The molecule has 1 unspecified atom stereocenters. The lowest BCUT2D eigenvalue weighted by Gasteiger charge is -2.27. The van der Waals surface area contributed by atoms with Gasteiger partial charge in [0.2, 0.25) is 0 Å². The van der Waals surface area contributed by atoms with Gasteiger partial charge in [-0.1, -0.05) is 0 Å². The van der Waals surface area contributed by atoms with Gasteiger partial charge in [0.15, 0.2) is 15.8 Å². The average molecular weight is 373 g/mol. The van der Waals surface area contributed by atoms with Crippen LogP contribution in [0.4, 0.5) is 0 Å². The molecular weight excluding hydrogens is 344 g/mol. The van der Waals surface area contributed by atoms with Crippen molar-refractivity contribution in [3.05, 3.63) is 21.9 Å². The summed E-state index contributed by atoms with van der Waals surface area (Å²) in [5, 5.41) is 6.72. The van der Waals surface area contributed by atoms with Crippen molar-refractivity contribution < 1.29 is 8.42 Å². The number of nitrogens with one attached hydrogen (secondary N) is 2. The first-order valence-corrected chi connectivity index (χ1v) is 11.0. The van der Waals surface area contributed by atoms with Crippen molar-refractivity contribution in [2.45, 2.75) is 26.3 Å². The zero-order valence-electron chi connectivity index (χ0n) is 14.7. The number of nitrogens with zero attached hydrogens (tertiary/aromatic N) is 2. The van der Waals surface area contributed by atoms with Crippen LogP contribution in [0.25, 0.3) is 0 Å². The maximum absolute atomic E-state index is 11.4. The minimum Gasteiger partial charge on any atom is -0.355 e. The fraction of sp³-hybridized carbons (Fsp3) is 0.688. The zero-order chi connectivity index (χ0) is 17.6. The highest BCUT2D eigenvalue weighted by Crippen LogP contribution is 2.16. The predicted molar refractivity (Wildman–Crippen MR) is 102 cm³/mol. The monoisotopic (exact) mass is 372 g/mol. The molecule has 1 aromatic heterocycles. The van der Waals surface area contributed by atoms with E-state index in [1.165, 1.54) is 9.75 Å². The molecule has 0 aliphatic carbocycles. The van der Waals surface area contributed by atoms with Crippen molar-refractivity contribution in [1.29, 1.82) is 0 Å². The van der Waals surface area contributed by atoms with Crippen LogP contribution in [-0.4, -0.2) is 70.1 Å². The van der Waals surface area contributed by atoms with E-state index in [2.05, 4.69) is 46.5 Å². The molecule has 2 N–H and O–H groups in total. The van der Waals surface area contributed by atoms with Gasteiger partial charge in [0.25, 0.3) is 0 Å².